The van der Waals surface area contributed by atoms with Crippen molar-refractivity contribution in [1.82, 2.24) is 0 Å². The van der Waals surface area contributed by atoms with Crippen LogP contribution in [-0.2, 0) is 0 Å². The van der Waals surface area contributed by atoms with Crippen LogP contribution in [0.2, 0.25) is 0 Å². The summed E-state index contributed by atoms with van der Waals surface area (Å²) in [7, 11) is 0. The Morgan fingerprint density at radius 3 is 1.73 bits per heavy atom. The predicted molar refractivity (Wildman–Crippen MR) is 68.2 cm³/mol. The summed E-state index contributed by atoms with van der Waals surface area (Å²) < 4.78 is 0.360. The van der Waals surface area contributed by atoms with Gasteiger partial charge in [0.2, 0.25) is 0 Å². The lowest BCUT2D eigenvalue weighted by Crippen LogP contribution is -2.47. The third-order valence-corrected chi connectivity index (χ3v) is 5.24. The van der Waals surface area contributed by atoms with Crippen LogP contribution in [0.25, 0.3) is 0 Å². The van der Waals surface area contributed by atoms with Crippen molar-refractivity contribution in [2.75, 3.05) is 0 Å². The lowest BCUT2D eigenvalue weighted by molar-refractivity contribution is -0.0604. The average molecular weight is 271 g/mol. The smallest absolute Gasteiger partial charge is 0.0207 e. The second-order valence-electron chi connectivity index (χ2n) is 7.31. The van der Waals surface area contributed by atoms with Crippen LogP contribution < -0.4 is 0 Å². The van der Waals surface area contributed by atoms with Gasteiger partial charge in [-0.3, -0.25) is 0 Å². The van der Waals surface area contributed by atoms with Crippen LogP contribution in [0.1, 0.15) is 58.8 Å². The summed E-state index contributed by atoms with van der Waals surface area (Å²) in [6.07, 6.45) is 10.8. The first-order valence-electron chi connectivity index (χ1n) is 6.63. The number of halogens is 1. The summed E-state index contributed by atoms with van der Waals surface area (Å²) >= 11 is 3.87. The average Bonchev–Trinajstić information content (AvgIpc) is 1.94. The molecule has 4 aliphatic carbocycles. The molecule has 0 aromatic rings. The Bertz CT molecular complexity index is 226. The van der Waals surface area contributed by atoms with E-state index in [9.17, 15) is 0 Å². The van der Waals surface area contributed by atoms with Gasteiger partial charge in [0.15, 0.2) is 0 Å². The lowest BCUT2D eigenvalue weighted by Gasteiger charge is -2.58. The molecule has 0 aromatic heterocycles. The summed E-state index contributed by atoms with van der Waals surface area (Å²) in [5.41, 5.74) is 0.738. The lowest BCUT2D eigenvalue weighted by atomic mass is 9.48. The molecular weight excluding hydrogens is 248 g/mol. The normalized spacial score (nSPS) is 48.6. The van der Waals surface area contributed by atoms with Crippen LogP contribution in [0.3, 0.4) is 0 Å². The molecule has 1 heteroatoms. The Morgan fingerprint density at radius 1 is 1.00 bits per heavy atom. The summed E-state index contributed by atoms with van der Waals surface area (Å²) in [5, 5.41) is 0. The highest BCUT2D eigenvalue weighted by Gasteiger charge is 2.51. The SMILES string of the molecule is CC(C)(Br)CC12CC3CC(CC(C3)C1)C2. The van der Waals surface area contributed by atoms with Crippen molar-refractivity contribution >= 4 is 15.9 Å². The number of hydrogen-bond acceptors (Lipinski definition) is 0. The Balaban J connectivity index is 1.81. The van der Waals surface area contributed by atoms with Crippen LogP contribution in [0.15, 0.2) is 0 Å². The van der Waals surface area contributed by atoms with Crippen molar-refractivity contribution in [3.63, 3.8) is 0 Å². The molecule has 86 valence electrons. The number of rotatable bonds is 2. The molecule has 0 aliphatic heterocycles. The molecule has 4 bridgehead atoms. The maximum Gasteiger partial charge on any atom is 0.0207 e. The van der Waals surface area contributed by atoms with E-state index in [2.05, 4.69) is 29.8 Å². The molecule has 0 radical (unpaired) electrons. The predicted octanol–water partition coefficient (Wildman–Crippen LogP) is 4.77. The van der Waals surface area contributed by atoms with Gasteiger partial charge in [-0.15, -0.1) is 0 Å². The van der Waals surface area contributed by atoms with E-state index in [0.29, 0.717) is 4.32 Å². The van der Waals surface area contributed by atoms with Gasteiger partial charge in [-0.1, -0.05) is 29.8 Å². The highest BCUT2D eigenvalue weighted by atomic mass is 79.9. The number of alkyl halides is 1. The Kier molecular flexibility index (Phi) is 2.30. The minimum absolute atomic E-state index is 0.360. The van der Waals surface area contributed by atoms with Crippen molar-refractivity contribution in [2.24, 2.45) is 23.2 Å². The van der Waals surface area contributed by atoms with Crippen LogP contribution in [-0.4, -0.2) is 4.32 Å². The summed E-state index contributed by atoms with van der Waals surface area (Å²) in [4.78, 5) is 0. The zero-order chi connectivity index (χ0) is 10.7. The van der Waals surface area contributed by atoms with Gasteiger partial charge >= 0.3 is 0 Å². The molecule has 4 aliphatic rings. The molecule has 0 aromatic carbocycles. The molecule has 0 spiro atoms. The zero-order valence-corrected chi connectivity index (χ0v) is 11.6. The molecule has 4 rings (SSSR count). The van der Waals surface area contributed by atoms with E-state index in [1.807, 2.05) is 0 Å². The van der Waals surface area contributed by atoms with Crippen molar-refractivity contribution in [2.45, 2.75) is 63.1 Å². The van der Waals surface area contributed by atoms with E-state index in [1.165, 1.54) is 6.42 Å². The van der Waals surface area contributed by atoms with Crippen molar-refractivity contribution in [3.8, 4) is 0 Å². The second-order valence-corrected chi connectivity index (χ2v) is 9.46. The van der Waals surface area contributed by atoms with Crippen LogP contribution in [0.5, 0.6) is 0 Å². The van der Waals surface area contributed by atoms with Gasteiger partial charge in [-0.25, -0.2) is 0 Å². The maximum absolute atomic E-state index is 3.87. The summed E-state index contributed by atoms with van der Waals surface area (Å²) in [5.74, 6) is 3.31. The van der Waals surface area contributed by atoms with Gasteiger partial charge in [0.1, 0.15) is 0 Å². The van der Waals surface area contributed by atoms with Gasteiger partial charge in [-0.2, -0.15) is 0 Å². The highest BCUT2D eigenvalue weighted by Crippen LogP contribution is 2.62. The molecule has 0 unspecified atom stereocenters. The molecule has 0 saturated heterocycles. The monoisotopic (exact) mass is 270 g/mol. The van der Waals surface area contributed by atoms with E-state index < -0.39 is 0 Å². The Labute approximate surface area is 102 Å². The van der Waals surface area contributed by atoms with E-state index in [-0.39, 0.29) is 0 Å². The third-order valence-electron chi connectivity index (χ3n) is 4.96. The Morgan fingerprint density at radius 2 is 1.40 bits per heavy atom. The molecule has 15 heavy (non-hydrogen) atoms. The standard InChI is InChI=1S/C14H23Br/c1-13(2,15)9-14-6-10-3-11(7-14)5-12(4-10)8-14/h10-12H,3-9H2,1-2H3. The maximum atomic E-state index is 3.87. The van der Waals surface area contributed by atoms with Crippen LogP contribution in [0.4, 0.5) is 0 Å². The highest BCUT2D eigenvalue weighted by molar-refractivity contribution is 9.10. The van der Waals surface area contributed by atoms with E-state index in [1.54, 1.807) is 38.5 Å². The molecule has 0 nitrogen and oxygen atoms in total. The molecule has 0 N–H and O–H groups in total. The summed E-state index contributed by atoms with van der Waals surface area (Å²) in [6.45, 7) is 4.71. The van der Waals surface area contributed by atoms with E-state index in [0.717, 1.165) is 23.2 Å². The molecule has 0 atom stereocenters. The van der Waals surface area contributed by atoms with E-state index >= 15 is 0 Å². The van der Waals surface area contributed by atoms with Crippen LogP contribution >= 0.6 is 15.9 Å². The van der Waals surface area contributed by atoms with Crippen LogP contribution in [0, 0.1) is 23.2 Å². The quantitative estimate of drug-likeness (QED) is 0.635. The molecule has 0 amide bonds. The number of hydrogen-bond donors (Lipinski definition) is 0. The molecule has 4 saturated carbocycles. The van der Waals surface area contributed by atoms with Gasteiger partial charge in [-0.05, 0) is 68.1 Å². The minimum Gasteiger partial charge on any atom is -0.0859 e. The molecule has 0 heterocycles. The minimum atomic E-state index is 0.360. The van der Waals surface area contributed by atoms with Gasteiger partial charge in [0, 0.05) is 4.32 Å². The topological polar surface area (TPSA) is 0 Å². The van der Waals surface area contributed by atoms with Gasteiger partial charge in [0.05, 0.1) is 0 Å². The first-order valence-corrected chi connectivity index (χ1v) is 7.42. The fourth-order valence-electron chi connectivity index (χ4n) is 5.40. The van der Waals surface area contributed by atoms with Crippen molar-refractivity contribution in [1.29, 1.82) is 0 Å². The largest absolute Gasteiger partial charge is 0.0859 e. The second kappa shape index (κ2) is 3.24. The van der Waals surface area contributed by atoms with E-state index in [4.69, 9.17) is 0 Å². The Hall–Kier alpha value is 0.480. The fourth-order valence-corrected chi connectivity index (χ4v) is 5.99. The fraction of sp³-hybridized carbons (Fsp3) is 1.00. The van der Waals surface area contributed by atoms with Gasteiger partial charge < -0.3 is 0 Å². The zero-order valence-electron chi connectivity index (χ0n) is 10.1. The first-order chi connectivity index (χ1) is 6.94. The van der Waals surface area contributed by atoms with Crippen molar-refractivity contribution in [3.05, 3.63) is 0 Å². The first kappa shape index (κ1) is 10.6. The summed E-state index contributed by atoms with van der Waals surface area (Å²) in [6, 6.07) is 0. The molecule has 4 fully saturated rings. The third kappa shape index (κ3) is 2.01. The van der Waals surface area contributed by atoms with Gasteiger partial charge in [0.25, 0.3) is 0 Å². The molecular formula is C14H23Br. The van der Waals surface area contributed by atoms with Crippen molar-refractivity contribution < 1.29 is 0 Å².